The van der Waals surface area contributed by atoms with Gasteiger partial charge in [0, 0.05) is 6.54 Å². The highest BCUT2D eigenvalue weighted by molar-refractivity contribution is 7.99. The van der Waals surface area contributed by atoms with E-state index in [2.05, 4.69) is 5.10 Å². The van der Waals surface area contributed by atoms with E-state index in [9.17, 15) is 4.79 Å². The first-order valence-corrected chi connectivity index (χ1v) is 6.94. The van der Waals surface area contributed by atoms with Crippen molar-refractivity contribution in [3.8, 4) is 0 Å². The molecule has 0 saturated heterocycles. The third-order valence-corrected chi connectivity index (χ3v) is 3.71. The van der Waals surface area contributed by atoms with E-state index in [1.54, 1.807) is 11.8 Å². The summed E-state index contributed by atoms with van der Waals surface area (Å²) in [4.78, 5) is 11.7. The van der Waals surface area contributed by atoms with Gasteiger partial charge in [0.1, 0.15) is 5.78 Å². The number of aromatic nitrogens is 2. The van der Waals surface area contributed by atoms with Crippen molar-refractivity contribution in [1.82, 2.24) is 9.78 Å². The van der Waals surface area contributed by atoms with Crippen molar-refractivity contribution in [1.29, 1.82) is 0 Å². The maximum absolute atomic E-state index is 11.7. The fourth-order valence-electron chi connectivity index (χ4n) is 1.49. The van der Waals surface area contributed by atoms with Crippen LogP contribution in [-0.2, 0) is 17.8 Å². The molecule has 3 nitrogen and oxygen atoms in total. The first kappa shape index (κ1) is 13.6. The molecule has 90 valence electrons. The van der Waals surface area contributed by atoms with Gasteiger partial charge in [0.25, 0.3) is 0 Å². The van der Waals surface area contributed by atoms with Crippen LogP contribution in [0.3, 0.4) is 0 Å². The lowest BCUT2D eigenvalue weighted by atomic mass is 10.2. The van der Waals surface area contributed by atoms with E-state index in [1.807, 2.05) is 25.5 Å². The summed E-state index contributed by atoms with van der Waals surface area (Å²) in [6.07, 6.45) is 0.389. The van der Waals surface area contributed by atoms with Crippen LogP contribution in [0.5, 0.6) is 0 Å². The van der Waals surface area contributed by atoms with Crippen LogP contribution in [-0.4, -0.2) is 27.1 Å². The average Bonchev–Trinajstić information content (AvgIpc) is 2.54. The maximum atomic E-state index is 11.7. The third-order valence-electron chi connectivity index (χ3n) is 2.28. The summed E-state index contributed by atoms with van der Waals surface area (Å²) in [7, 11) is 0. The molecule has 1 rings (SSSR count). The summed E-state index contributed by atoms with van der Waals surface area (Å²) in [6, 6.07) is 0. The Morgan fingerprint density at radius 2 is 2.19 bits per heavy atom. The van der Waals surface area contributed by atoms with Crippen molar-refractivity contribution in [2.24, 2.45) is 0 Å². The minimum atomic E-state index is 0.211. The van der Waals surface area contributed by atoms with Crippen molar-refractivity contribution >= 4 is 29.1 Å². The zero-order chi connectivity index (χ0) is 12.1. The molecule has 0 unspecified atom stereocenters. The molecular weight excluding hydrogens is 244 g/mol. The Kier molecular flexibility index (Phi) is 5.35. The SMILES string of the molecule is CCSCC(=O)Cc1c(Cl)c(C)nn1CC. The number of aryl methyl sites for hydroxylation is 2. The molecule has 0 aliphatic heterocycles. The maximum Gasteiger partial charge on any atom is 0.148 e. The highest BCUT2D eigenvalue weighted by Crippen LogP contribution is 2.21. The van der Waals surface area contributed by atoms with Gasteiger partial charge in [0.05, 0.1) is 28.6 Å². The van der Waals surface area contributed by atoms with Crippen molar-refractivity contribution in [3.05, 3.63) is 16.4 Å². The number of nitrogens with zero attached hydrogens (tertiary/aromatic N) is 2. The zero-order valence-electron chi connectivity index (χ0n) is 9.92. The number of rotatable bonds is 6. The molecule has 16 heavy (non-hydrogen) atoms. The Morgan fingerprint density at radius 3 is 2.75 bits per heavy atom. The number of carbonyl (C=O) groups is 1. The summed E-state index contributed by atoms with van der Waals surface area (Å²) in [5.41, 5.74) is 1.65. The standard InChI is InChI=1S/C11H17ClN2OS/c1-4-14-10(11(12)8(3)13-14)6-9(15)7-16-5-2/h4-7H2,1-3H3. The van der Waals surface area contributed by atoms with E-state index < -0.39 is 0 Å². The number of thioether (sulfide) groups is 1. The summed E-state index contributed by atoms with van der Waals surface area (Å²) in [5, 5.41) is 4.92. The minimum Gasteiger partial charge on any atom is -0.298 e. The van der Waals surface area contributed by atoms with Gasteiger partial charge in [-0.25, -0.2) is 0 Å². The van der Waals surface area contributed by atoms with Crippen LogP contribution in [0.1, 0.15) is 25.2 Å². The Hall–Kier alpha value is -0.480. The normalized spacial score (nSPS) is 10.8. The number of carbonyl (C=O) groups excluding carboxylic acids is 1. The molecular formula is C11H17ClN2OS. The lowest BCUT2D eigenvalue weighted by Gasteiger charge is -2.04. The fourth-order valence-corrected chi connectivity index (χ4v) is 2.23. The second kappa shape index (κ2) is 6.30. The molecule has 0 aliphatic rings. The van der Waals surface area contributed by atoms with E-state index >= 15 is 0 Å². The summed E-state index contributed by atoms with van der Waals surface area (Å²) < 4.78 is 1.81. The number of Topliss-reactive ketones (excluding diaryl/α,β-unsaturated/α-hetero) is 1. The molecule has 0 bridgehead atoms. The molecule has 0 amide bonds. The first-order chi connectivity index (χ1) is 7.60. The highest BCUT2D eigenvalue weighted by Gasteiger charge is 2.15. The predicted molar refractivity (Wildman–Crippen MR) is 69.4 cm³/mol. The molecule has 0 N–H and O–H groups in total. The van der Waals surface area contributed by atoms with Crippen LogP contribution >= 0.6 is 23.4 Å². The monoisotopic (exact) mass is 260 g/mol. The smallest absolute Gasteiger partial charge is 0.148 e. The zero-order valence-corrected chi connectivity index (χ0v) is 11.5. The molecule has 0 spiro atoms. The van der Waals surface area contributed by atoms with Crippen molar-refractivity contribution in [3.63, 3.8) is 0 Å². The van der Waals surface area contributed by atoms with Crippen LogP contribution < -0.4 is 0 Å². The second-order valence-electron chi connectivity index (χ2n) is 3.51. The van der Waals surface area contributed by atoms with Crippen LogP contribution in [0.4, 0.5) is 0 Å². The fraction of sp³-hybridized carbons (Fsp3) is 0.636. The Balaban J connectivity index is 2.75. The van der Waals surface area contributed by atoms with Crippen molar-refractivity contribution < 1.29 is 4.79 Å². The van der Waals surface area contributed by atoms with Crippen LogP contribution in [0, 0.1) is 6.92 Å². The summed E-state index contributed by atoms with van der Waals surface area (Å²) in [6.45, 7) is 6.66. The quantitative estimate of drug-likeness (QED) is 0.789. The minimum absolute atomic E-state index is 0.211. The number of ketones is 1. The van der Waals surface area contributed by atoms with E-state index in [-0.39, 0.29) is 5.78 Å². The summed E-state index contributed by atoms with van der Waals surface area (Å²) >= 11 is 7.77. The summed E-state index contributed by atoms with van der Waals surface area (Å²) in [5.74, 6) is 1.73. The van der Waals surface area contributed by atoms with E-state index in [4.69, 9.17) is 11.6 Å². The van der Waals surface area contributed by atoms with Crippen molar-refractivity contribution in [2.75, 3.05) is 11.5 Å². The third kappa shape index (κ3) is 3.25. The van der Waals surface area contributed by atoms with Gasteiger partial charge in [-0.05, 0) is 19.6 Å². The van der Waals surface area contributed by atoms with Gasteiger partial charge in [0.15, 0.2) is 0 Å². The van der Waals surface area contributed by atoms with Gasteiger partial charge in [-0.15, -0.1) is 0 Å². The molecule has 0 saturated carbocycles. The molecule has 0 atom stereocenters. The Morgan fingerprint density at radius 1 is 1.50 bits per heavy atom. The molecule has 0 radical (unpaired) electrons. The van der Waals surface area contributed by atoms with Gasteiger partial charge in [0.2, 0.25) is 0 Å². The lowest BCUT2D eigenvalue weighted by Crippen LogP contribution is -2.11. The van der Waals surface area contributed by atoms with E-state index in [1.165, 1.54) is 0 Å². The van der Waals surface area contributed by atoms with Crippen molar-refractivity contribution in [2.45, 2.75) is 33.7 Å². The Labute approximate surface area is 106 Å². The largest absolute Gasteiger partial charge is 0.298 e. The van der Waals surface area contributed by atoms with E-state index in [0.717, 1.165) is 23.7 Å². The van der Waals surface area contributed by atoms with Gasteiger partial charge < -0.3 is 0 Å². The lowest BCUT2D eigenvalue weighted by molar-refractivity contribution is -0.116. The first-order valence-electron chi connectivity index (χ1n) is 5.41. The number of halogens is 1. The van der Waals surface area contributed by atoms with Gasteiger partial charge in [-0.1, -0.05) is 18.5 Å². The van der Waals surface area contributed by atoms with Gasteiger partial charge >= 0.3 is 0 Å². The Bertz CT molecular complexity index is 376. The average molecular weight is 261 g/mol. The van der Waals surface area contributed by atoms with Crippen LogP contribution in [0.25, 0.3) is 0 Å². The van der Waals surface area contributed by atoms with Gasteiger partial charge in [-0.3, -0.25) is 9.48 Å². The molecule has 5 heteroatoms. The number of hydrogen-bond acceptors (Lipinski definition) is 3. The van der Waals surface area contributed by atoms with Crippen LogP contribution in [0.15, 0.2) is 0 Å². The van der Waals surface area contributed by atoms with Gasteiger partial charge in [-0.2, -0.15) is 16.9 Å². The number of hydrogen-bond donors (Lipinski definition) is 0. The molecule has 1 heterocycles. The highest BCUT2D eigenvalue weighted by atomic mass is 35.5. The predicted octanol–water partition coefficient (Wildman–Crippen LogP) is 2.73. The molecule has 0 aliphatic carbocycles. The molecule has 0 fully saturated rings. The van der Waals surface area contributed by atoms with E-state index in [0.29, 0.717) is 17.2 Å². The topological polar surface area (TPSA) is 34.9 Å². The molecule has 1 aromatic rings. The molecule has 0 aromatic carbocycles. The molecule has 1 aromatic heterocycles. The van der Waals surface area contributed by atoms with Crippen LogP contribution in [0.2, 0.25) is 5.02 Å². The second-order valence-corrected chi connectivity index (χ2v) is 5.17.